The van der Waals surface area contributed by atoms with Crippen LogP contribution >= 0.6 is 0 Å². The zero-order valence-corrected chi connectivity index (χ0v) is 11.5. The summed E-state index contributed by atoms with van der Waals surface area (Å²) in [7, 11) is 0. The maximum Gasteiger partial charge on any atom is 0.337 e. The van der Waals surface area contributed by atoms with Gasteiger partial charge in [0.1, 0.15) is 0 Å². The van der Waals surface area contributed by atoms with Crippen molar-refractivity contribution in [3.8, 4) is 0 Å². The summed E-state index contributed by atoms with van der Waals surface area (Å²) in [6, 6.07) is 5.22. The van der Waals surface area contributed by atoms with E-state index in [-0.39, 0.29) is 17.0 Å². The molecule has 0 radical (unpaired) electrons. The zero-order chi connectivity index (χ0) is 15.0. The first-order chi connectivity index (χ1) is 9.32. The maximum absolute atomic E-state index is 11.9. The molecule has 2 N–H and O–H groups in total. The van der Waals surface area contributed by atoms with Crippen molar-refractivity contribution in [1.82, 2.24) is 4.98 Å². The van der Waals surface area contributed by atoms with Crippen LogP contribution in [0.15, 0.2) is 23.0 Å². The lowest BCUT2D eigenvalue weighted by Gasteiger charge is -2.10. The molecule has 0 aliphatic heterocycles. The number of carboxylic acid groups (broad SMARTS) is 1. The van der Waals surface area contributed by atoms with Gasteiger partial charge in [-0.3, -0.25) is 9.59 Å². The second-order valence-corrected chi connectivity index (χ2v) is 5.03. The first kappa shape index (κ1) is 14.0. The summed E-state index contributed by atoms with van der Waals surface area (Å²) in [5, 5.41) is 9.74. The third-order valence-electron chi connectivity index (χ3n) is 3.27. The van der Waals surface area contributed by atoms with Gasteiger partial charge in [0.15, 0.2) is 5.78 Å². The largest absolute Gasteiger partial charge is 0.478 e. The molecule has 0 aliphatic carbocycles. The van der Waals surface area contributed by atoms with Gasteiger partial charge >= 0.3 is 5.97 Å². The maximum atomic E-state index is 11.9. The van der Waals surface area contributed by atoms with Crippen LogP contribution in [0.1, 0.15) is 53.0 Å². The number of fused-ring (bicyclic) bond motifs is 1. The topological polar surface area (TPSA) is 87.2 Å². The number of Topliss-reactive ketones (excluding diaryl/α,β-unsaturated/α-hetero) is 1. The van der Waals surface area contributed by atoms with Crippen molar-refractivity contribution in [2.24, 2.45) is 0 Å². The number of H-pyrrole nitrogens is 1. The molecular weight excluding hydrogens is 258 g/mol. The third kappa shape index (κ3) is 2.22. The molecule has 0 atom stereocenters. The molecular formula is C15H15NO4. The molecule has 0 saturated heterocycles. The second-order valence-electron chi connectivity index (χ2n) is 5.03. The van der Waals surface area contributed by atoms with E-state index >= 15 is 0 Å². The lowest BCUT2D eigenvalue weighted by Crippen LogP contribution is -2.22. The smallest absolute Gasteiger partial charge is 0.337 e. The molecule has 104 valence electrons. The predicted octanol–water partition coefficient (Wildman–Crippen LogP) is 2.55. The monoisotopic (exact) mass is 273 g/mol. The van der Waals surface area contributed by atoms with E-state index in [1.165, 1.54) is 6.92 Å². The van der Waals surface area contributed by atoms with E-state index in [0.29, 0.717) is 10.9 Å². The van der Waals surface area contributed by atoms with Gasteiger partial charge in [0.05, 0.1) is 11.1 Å². The number of carbonyl (C=O) groups excluding carboxylic acids is 1. The van der Waals surface area contributed by atoms with E-state index in [1.54, 1.807) is 12.1 Å². The molecule has 0 unspecified atom stereocenters. The van der Waals surface area contributed by atoms with Crippen molar-refractivity contribution < 1.29 is 14.7 Å². The average molecular weight is 273 g/mol. The minimum absolute atomic E-state index is 0.216. The van der Waals surface area contributed by atoms with Crippen molar-refractivity contribution in [3.05, 3.63) is 45.2 Å². The Labute approximate surface area is 115 Å². The molecule has 1 aromatic heterocycles. The Bertz CT molecular complexity index is 771. The fraction of sp³-hybridized carbons (Fsp3) is 0.267. The number of hydrogen-bond donors (Lipinski definition) is 2. The van der Waals surface area contributed by atoms with Gasteiger partial charge in [-0.05, 0) is 30.5 Å². The molecule has 2 aromatic rings. The highest BCUT2D eigenvalue weighted by Crippen LogP contribution is 2.24. The first-order valence-corrected chi connectivity index (χ1v) is 6.27. The summed E-state index contributed by atoms with van der Waals surface area (Å²) in [5.41, 5.74) is 0.174. The number of hydrogen-bond acceptors (Lipinski definition) is 3. The number of ketones is 1. The van der Waals surface area contributed by atoms with Crippen molar-refractivity contribution in [2.45, 2.75) is 26.7 Å². The molecule has 1 heterocycles. The fourth-order valence-corrected chi connectivity index (χ4v) is 2.23. The van der Waals surface area contributed by atoms with Crippen LogP contribution in [0.4, 0.5) is 0 Å². The summed E-state index contributed by atoms with van der Waals surface area (Å²) >= 11 is 0. The molecule has 0 bridgehead atoms. The van der Waals surface area contributed by atoms with E-state index in [1.807, 2.05) is 19.9 Å². The van der Waals surface area contributed by atoms with Crippen LogP contribution in [-0.2, 0) is 0 Å². The molecule has 20 heavy (non-hydrogen) atoms. The molecule has 0 fully saturated rings. The third-order valence-corrected chi connectivity index (χ3v) is 3.27. The average Bonchev–Trinajstić information content (AvgIpc) is 2.35. The van der Waals surface area contributed by atoms with Gasteiger partial charge in [-0.2, -0.15) is 0 Å². The molecule has 0 amide bonds. The Morgan fingerprint density at radius 2 is 1.85 bits per heavy atom. The van der Waals surface area contributed by atoms with Crippen molar-refractivity contribution in [3.63, 3.8) is 0 Å². The van der Waals surface area contributed by atoms with E-state index in [9.17, 15) is 19.5 Å². The summed E-state index contributed by atoms with van der Waals surface area (Å²) < 4.78 is 0. The van der Waals surface area contributed by atoms with Crippen LogP contribution in [-0.4, -0.2) is 21.8 Å². The van der Waals surface area contributed by atoms with Gasteiger partial charge in [0, 0.05) is 10.9 Å². The van der Waals surface area contributed by atoms with Crippen LogP contribution in [0.2, 0.25) is 0 Å². The van der Waals surface area contributed by atoms with Gasteiger partial charge in [-0.1, -0.05) is 19.9 Å². The predicted molar refractivity (Wildman–Crippen MR) is 75.6 cm³/mol. The number of nitrogens with one attached hydrogen (secondary N) is 1. The SMILES string of the molecule is CC(=O)c1c(C(=O)O)c2cc(C(C)C)ccc2[nH]c1=O. The molecule has 1 aromatic carbocycles. The number of pyridine rings is 1. The van der Waals surface area contributed by atoms with Crippen molar-refractivity contribution in [2.75, 3.05) is 0 Å². The lowest BCUT2D eigenvalue weighted by molar-refractivity contribution is 0.0694. The van der Waals surface area contributed by atoms with Gasteiger partial charge in [0.2, 0.25) is 0 Å². The van der Waals surface area contributed by atoms with Gasteiger partial charge < -0.3 is 10.1 Å². The molecule has 5 heteroatoms. The van der Waals surface area contributed by atoms with E-state index in [4.69, 9.17) is 0 Å². The van der Waals surface area contributed by atoms with Crippen molar-refractivity contribution >= 4 is 22.7 Å². The van der Waals surface area contributed by atoms with E-state index < -0.39 is 17.3 Å². The first-order valence-electron chi connectivity index (χ1n) is 6.27. The summed E-state index contributed by atoms with van der Waals surface area (Å²) in [6.45, 7) is 5.16. The van der Waals surface area contributed by atoms with E-state index in [2.05, 4.69) is 4.98 Å². The minimum atomic E-state index is -1.27. The molecule has 0 spiro atoms. The Balaban J connectivity index is 2.98. The molecule has 2 rings (SSSR count). The fourth-order valence-electron chi connectivity index (χ4n) is 2.23. The van der Waals surface area contributed by atoms with Crippen LogP contribution in [0, 0.1) is 0 Å². The molecule has 5 nitrogen and oxygen atoms in total. The Morgan fingerprint density at radius 3 is 2.35 bits per heavy atom. The van der Waals surface area contributed by atoms with Gasteiger partial charge in [-0.25, -0.2) is 4.79 Å². The van der Waals surface area contributed by atoms with Crippen LogP contribution < -0.4 is 5.56 Å². The highest BCUT2D eigenvalue weighted by atomic mass is 16.4. The van der Waals surface area contributed by atoms with Crippen LogP contribution in [0.3, 0.4) is 0 Å². The summed E-state index contributed by atoms with van der Waals surface area (Å²) in [6.07, 6.45) is 0. The van der Waals surface area contributed by atoms with Gasteiger partial charge in [-0.15, -0.1) is 0 Å². The highest BCUT2D eigenvalue weighted by molar-refractivity contribution is 6.12. The summed E-state index contributed by atoms with van der Waals surface area (Å²) in [5.74, 6) is -1.61. The number of aromatic carboxylic acids is 1. The lowest BCUT2D eigenvalue weighted by atomic mass is 9.96. The normalized spacial score (nSPS) is 11.0. The second kappa shape index (κ2) is 4.92. The van der Waals surface area contributed by atoms with E-state index in [0.717, 1.165) is 5.56 Å². The van der Waals surface area contributed by atoms with Crippen LogP contribution in [0.5, 0.6) is 0 Å². The molecule has 0 aliphatic rings. The number of benzene rings is 1. The summed E-state index contributed by atoms with van der Waals surface area (Å²) in [4.78, 5) is 37.5. The Hall–Kier alpha value is -2.43. The number of aromatic amines is 1. The Kier molecular flexibility index (Phi) is 3.44. The number of carboxylic acids is 1. The Morgan fingerprint density at radius 1 is 1.20 bits per heavy atom. The highest BCUT2D eigenvalue weighted by Gasteiger charge is 2.21. The minimum Gasteiger partial charge on any atom is -0.478 e. The standard InChI is InChI=1S/C15H15NO4/c1-7(2)9-4-5-11-10(6-9)13(15(19)20)12(8(3)17)14(18)16-11/h4-7H,1-3H3,(H,16,18)(H,19,20). The van der Waals surface area contributed by atoms with Gasteiger partial charge in [0.25, 0.3) is 5.56 Å². The van der Waals surface area contributed by atoms with Crippen molar-refractivity contribution in [1.29, 1.82) is 0 Å². The van der Waals surface area contributed by atoms with Crippen LogP contribution in [0.25, 0.3) is 10.9 Å². The molecule has 0 saturated carbocycles. The quantitative estimate of drug-likeness (QED) is 0.841. The number of rotatable bonds is 3. The number of aromatic nitrogens is 1. The zero-order valence-electron chi connectivity index (χ0n) is 11.5. The number of carbonyl (C=O) groups is 2.